The van der Waals surface area contributed by atoms with Crippen LogP contribution < -0.4 is 0 Å². The summed E-state index contributed by atoms with van der Waals surface area (Å²) < 4.78 is 27.1. The Hall–Kier alpha value is -2.26. The Balaban J connectivity index is 2.33. The van der Waals surface area contributed by atoms with E-state index in [0.717, 1.165) is 29.7 Å². The number of nitrogens with zero attached hydrogens (tertiary/aromatic N) is 2. The first-order valence-electron chi connectivity index (χ1n) is 5.21. The summed E-state index contributed by atoms with van der Waals surface area (Å²) >= 11 is 1.03. The highest BCUT2D eigenvalue weighted by atomic mass is 32.2. The van der Waals surface area contributed by atoms with Gasteiger partial charge in [0.1, 0.15) is 4.21 Å². The molecule has 0 unspecified atom stereocenters. The van der Waals surface area contributed by atoms with Gasteiger partial charge in [-0.2, -0.15) is 12.8 Å². The maximum absolute atomic E-state index is 11.8. The van der Waals surface area contributed by atoms with Gasteiger partial charge in [-0.25, -0.2) is 0 Å². The highest BCUT2D eigenvalue weighted by molar-refractivity contribution is 7.92. The number of sulfonamides is 1. The molecule has 0 aliphatic heterocycles. The molecule has 1 heterocycles. The predicted molar refractivity (Wildman–Crippen MR) is 73.9 cm³/mol. The second-order valence-electron chi connectivity index (χ2n) is 3.65. The second kappa shape index (κ2) is 5.39. The quantitative estimate of drug-likeness (QED) is 0.528. The van der Waals surface area contributed by atoms with Crippen molar-refractivity contribution in [3.63, 3.8) is 0 Å². The van der Waals surface area contributed by atoms with Crippen LogP contribution in [0.25, 0.3) is 0 Å². The van der Waals surface area contributed by atoms with Crippen LogP contribution in [0.4, 0.5) is 5.69 Å². The van der Waals surface area contributed by atoms with Gasteiger partial charge in [0.15, 0.2) is 5.75 Å². The lowest BCUT2D eigenvalue weighted by Crippen LogP contribution is -1.95. The molecule has 104 valence electrons. The third kappa shape index (κ3) is 3.00. The molecule has 2 aromatic rings. The van der Waals surface area contributed by atoms with Crippen molar-refractivity contribution in [1.82, 2.24) is 0 Å². The number of nitro benzene ring substituents is 1. The second-order valence-corrected chi connectivity index (χ2v) is 6.45. The Morgan fingerprint density at radius 3 is 2.70 bits per heavy atom. The van der Waals surface area contributed by atoms with Gasteiger partial charge in [-0.15, -0.1) is 11.3 Å². The van der Waals surface area contributed by atoms with E-state index >= 15 is 0 Å². The van der Waals surface area contributed by atoms with Gasteiger partial charge in [0.05, 0.1) is 4.92 Å². The fourth-order valence-electron chi connectivity index (χ4n) is 1.36. The number of hydrogen-bond acceptors (Lipinski definition) is 6. The molecule has 0 radical (unpaired) electrons. The van der Waals surface area contributed by atoms with Crippen LogP contribution in [0, 0.1) is 10.1 Å². The van der Waals surface area contributed by atoms with Crippen LogP contribution in [-0.4, -0.2) is 24.7 Å². The van der Waals surface area contributed by atoms with Crippen LogP contribution in [-0.2, 0) is 10.0 Å². The molecule has 2 rings (SSSR count). The summed E-state index contributed by atoms with van der Waals surface area (Å²) in [6.45, 7) is 0. The Labute approximate surface area is 118 Å². The van der Waals surface area contributed by atoms with E-state index in [1.54, 1.807) is 11.4 Å². The van der Waals surface area contributed by atoms with Gasteiger partial charge >= 0.3 is 5.69 Å². The fraction of sp³-hybridized carbons (Fsp3) is 0. The molecule has 1 aromatic carbocycles. The smallest absolute Gasteiger partial charge is 0.311 e. The number of benzene rings is 1. The van der Waals surface area contributed by atoms with E-state index in [9.17, 15) is 23.6 Å². The summed E-state index contributed by atoms with van der Waals surface area (Å²) in [5, 5.41) is 21.5. The normalized spacial score (nSPS) is 11.8. The average molecular weight is 312 g/mol. The van der Waals surface area contributed by atoms with Gasteiger partial charge in [0.25, 0.3) is 10.0 Å². The minimum atomic E-state index is -3.80. The lowest BCUT2D eigenvalue weighted by Gasteiger charge is -1.97. The third-order valence-corrected chi connectivity index (χ3v) is 4.90. The highest BCUT2D eigenvalue weighted by Crippen LogP contribution is 2.26. The summed E-state index contributed by atoms with van der Waals surface area (Å²) in [5.41, 5.74) is -0.308. The first-order valence-corrected chi connectivity index (χ1v) is 7.53. The molecule has 1 N–H and O–H groups in total. The molecular weight excluding hydrogens is 304 g/mol. The zero-order valence-corrected chi connectivity index (χ0v) is 11.5. The Morgan fingerprint density at radius 1 is 1.35 bits per heavy atom. The molecule has 0 saturated heterocycles. The summed E-state index contributed by atoms with van der Waals surface area (Å²) in [7, 11) is -3.80. The SMILES string of the molecule is O=[N+]([O-])c1cc(/C=N\S(=O)(=O)c2cccs2)ccc1O. The summed E-state index contributed by atoms with van der Waals surface area (Å²) in [6.07, 6.45) is 1.00. The van der Waals surface area contributed by atoms with Gasteiger partial charge < -0.3 is 5.11 Å². The van der Waals surface area contributed by atoms with Crippen LogP contribution in [0.15, 0.2) is 44.3 Å². The number of phenolic OH excluding ortho intramolecular Hbond substituents is 1. The fourth-order valence-corrected chi connectivity index (χ4v) is 3.20. The van der Waals surface area contributed by atoms with Crippen LogP contribution in [0.1, 0.15) is 5.56 Å². The largest absolute Gasteiger partial charge is 0.502 e. The van der Waals surface area contributed by atoms with Crippen molar-refractivity contribution in [2.75, 3.05) is 0 Å². The first kappa shape index (κ1) is 14.2. The highest BCUT2D eigenvalue weighted by Gasteiger charge is 2.15. The third-order valence-electron chi connectivity index (χ3n) is 2.29. The average Bonchev–Trinajstić information content (AvgIpc) is 2.92. The van der Waals surface area contributed by atoms with Gasteiger partial charge in [-0.05, 0) is 23.6 Å². The molecule has 0 saturated carbocycles. The van der Waals surface area contributed by atoms with Gasteiger partial charge in [-0.1, -0.05) is 6.07 Å². The topological polar surface area (TPSA) is 110 Å². The molecule has 1 aromatic heterocycles. The van der Waals surface area contributed by atoms with Crippen molar-refractivity contribution in [3.05, 3.63) is 51.4 Å². The zero-order valence-electron chi connectivity index (χ0n) is 9.83. The molecule has 7 nitrogen and oxygen atoms in total. The maximum atomic E-state index is 11.8. The van der Waals surface area contributed by atoms with E-state index in [1.165, 1.54) is 12.1 Å². The van der Waals surface area contributed by atoms with Crippen LogP contribution in [0.5, 0.6) is 5.75 Å². The van der Waals surface area contributed by atoms with Gasteiger partial charge in [-0.3, -0.25) is 10.1 Å². The predicted octanol–water partition coefficient (Wildman–Crippen LogP) is 2.17. The van der Waals surface area contributed by atoms with Crippen molar-refractivity contribution in [2.24, 2.45) is 4.40 Å². The minimum absolute atomic E-state index is 0.0852. The van der Waals surface area contributed by atoms with E-state index in [2.05, 4.69) is 4.40 Å². The molecule has 0 spiro atoms. The molecule has 0 aliphatic rings. The molecule has 0 aliphatic carbocycles. The summed E-state index contributed by atoms with van der Waals surface area (Å²) in [5.74, 6) is -0.492. The standard InChI is InChI=1S/C11H8N2O5S2/c14-10-4-3-8(6-9(10)13(15)16)7-12-20(17,18)11-2-1-5-19-11/h1-7,14H/b12-7-. The van der Waals surface area contributed by atoms with Gasteiger partial charge in [0, 0.05) is 17.8 Å². The van der Waals surface area contributed by atoms with Crippen LogP contribution in [0.2, 0.25) is 0 Å². The maximum Gasteiger partial charge on any atom is 0.311 e. The minimum Gasteiger partial charge on any atom is -0.502 e. The molecule has 9 heteroatoms. The lowest BCUT2D eigenvalue weighted by atomic mass is 10.2. The molecule has 0 bridgehead atoms. The summed E-state index contributed by atoms with van der Waals surface area (Å²) in [6, 6.07) is 6.48. The monoisotopic (exact) mass is 312 g/mol. The number of rotatable bonds is 4. The number of thiophene rings is 1. The van der Waals surface area contributed by atoms with Gasteiger partial charge in [0.2, 0.25) is 0 Å². The molecular formula is C11H8N2O5S2. The molecule has 0 atom stereocenters. The Morgan fingerprint density at radius 2 is 2.10 bits per heavy atom. The van der Waals surface area contributed by atoms with Crippen molar-refractivity contribution in [3.8, 4) is 5.75 Å². The van der Waals surface area contributed by atoms with Crippen molar-refractivity contribution in [2.45, 2.75) is 4.21 Å². The van der Waals surface area contributed by atoms with E-state index in [0.29, 0.717) is 0 Å². The lowest BCUT2D eigenvalue weighted by molar-refractivity contribution is -0.385. The summed E-state index contributed by atoms with van der Waals surface area (Å²) in [4.78, 5) is 9.88. The first-order chi connectivity index (χ1) is 9.40. The van der Waals surface area contributed by atoms with Crippen molar-refractivity contribution in [1.29, 1.82) is 0 Å². The Bertz CT molecular complexity index is 766. The zero-order chi connectivity index (χ0) is 14.8. The molecule has 20 heavy (non-hydrogen) atoms. The number of hydrogen-bond donors (Lipinski definition) is 1. The van der Waals surface area contributed by atoms with E-state index < -0.39 is 26.4 Å². The van der Waals surface area contributed by atoms with Crippen LogP contribution >= 0.6 is 11.3 Å². The number of aromatic hydroxyl groups is 1. The molecule has 0 amide bonds. The molecule has 0 fully saturated rings. The van der Waals surface area contributed by atoms with Crippen LogP contribution in [0.3, 0.4) is 0 Å². The van der Waals surface area contributed by atoms with E-state index in [1.807, 2.05) is 0 Å². The number of phenols is 1. The number of nitro groups is 1. The van der Waals surface area contributed by atoms with E-state index in [-0.39, 0.29) is 9.77 Å². The van der Waals surface area contributed by atoms with Crippen molar-refractivity contribution < 1.29 is 18.4 Å². The van der Waals surface area contributed by atoms with E-state index in [4.69, 9.17) is 0 Å². The Kier molecular flexibility index (Phi) is 3.81. The van der Waals surface area contributed by atoms with Crippen molar-refractivity contribution >= 4 is 33.3 Å².